The van der Waals surface area contributed by atoms with Gasteiger partial charge in [0.2, 0.25) is 11.8 Å². The zero-order valence-corrected chi connectivity index (χ0v) is 14.4. The normalized spacial score (nSPS) is 10.1. The minimum absolute atomic E-state index is 0.302. The van der Waals surface area contributed by atoms with Crippen LogP contribution in [0.3, 0.4) is 0 Å². The molecule has 24 heavy (non-hydrogen) atoms. The molecule has 2 rings (SSSR count). The first-order valence-corrected chi connectivity index (χ1v) is 7.88. The Labute approximate surface area is 149 Å². The van der Waals surface area contributed by atoms with Gasteiger partial charge in [0.1, 0.15) is 12.2 Å². The summed E-state index contributed by atoms with van der Waals surface area (Å²) in [6.07, 6.45) is -0.302. The summed E-state index contributed by atoms with van der Waals surface area (Å²) < 4.78 is 5.14. The number of hydrogen-bond donors (Lipinski definition) is 2. The third-order valence-electron chi connectivity index (χ3n) is 3.16. The summed E-state index contributed by atoms with van der Waals surface area (Å²) in [5, 5.41) is 6.37. The van der Waals surface area contributed by atoms with Crippen LogP contribution >= 0.6 is 23.2 Å². The van der Waals surface area contributed by atoms with E-state index in [2.05, 4.69) is 10.6 Å². The van der Waals surface area contributed by atoms with Crippen LogP contribution in [0.4, 0.5) is 5.69 Å². The molecule has 2 N–H and O–H groups in total. The fraction of sp³-hybridized carbons (Fsp3) is 0.176. The Morgan fingerprint density at radius 1 is 1.00 bits per heavy atom. The number of rotatable bonds is 6. The maximum atomic E-state index is 12.0. The lowest BCUT2D eigenvalue weighted by atomic mass is 10.2. The average Bonchev–Trinajstić information content (AvgIpc) is 2.54. The smallest absolute Gasteiger partial charge is 0.233 e. The third-order valence-corrected chi connectivity index (χ3v) is 3.65. The molecule has 2 amide bonds. The van der Waals surface area contributed by atoms with E-state index in [9.17, 15) is 9.59 Å². The Balaban J connectivity index is 1.86. The number of hydrogen-bond acceptors (Lipinski definition) is 3. The second-order valence-corrected chi connectivity index (χ2v) is 5.85. The SMILES string of the molecule is COc1ccc(Cl)cc1NC(=O)CC(=O)NCc1ccc(Cl)cc1. The lowest BCUT2D eigenvalue weighted by Crippen LogP contribution is -2.27. The van der Waals surface area contributed by atoms with Crippen molar-refractivity contribution in [2.75, 3.05) is 12.4 Å². The van der Waals surface area contributed by atoms with Crippen LogP contribution in [0, 0.1) is 0 Å². The molecule has 0 aliphatic heterocycles. The molecule has 0 aliphatic rings. The Kier molecular flexibility index (Phi) is 6.46. The van der Waals surface area contributed by atoms with E-state index in [4.69, 9.17) is 27.9 Å². The minimum Gasteiger partial charge on any atom is -0.495 e. The molecule has 0 aromatic heterocycles. The van der Waals surface area contributed by atoms with Crippen molar-refractivity contribution in [2.45, 2.75) is 13.0 Å². The summed E-state index contributed by atoms with van der Waals surface area (Å²) in [6.45, 7) is 0.323. The van der Waals surface area contributed by atoms with Crippen LogP contribution in [-0.4, -0.2) is 18.9 Å². The Morgan fingerprint density at radius 2 is 1.67 bits per heavy atom. The van der Waals surface area contributed by atoms with Crippen molar-refractivity contribution in [2.24, 2.45) is 0 Å². The summed E-state index contributed by atoms with van der Waals surface area (Å²) in [7, 11) is 1.48. The molecule has 0 fully saturated rings. The van der Waals surface area contributed by atoms with Crippen molar-refractivity contribution in [1.82, 2.24) is 5.32 Å². The number of methoxy groups -OCH3 is 1. The highest BCUT2D eigenvalue weighted by molar-refractivity contribution is 6.31. The number of nitrogens with one attached hydrogen (secondary N) is 2. The number of amides is 2. The van der Waals surface area contributed by atoms with Crippen LogP contribution in [0.5, 0.6) is 5.75 Å². The Morgan fingerprint density at radius 3 is 2.33 bits per heavy atom. The first-order valence-electron chi connectivity index (χ1n) is 7.12. The minimum atomic E-state index is -0.454. The van der Waals surface area contributed by atoms with Gasteiger partial charge in [-0.15, -0.1) is 0 Å². The molecule has 0 radical (unpaired) electrons. The van der Waals surface area contributed by atoms with E-state index in [1.807, 2.05) is 0 Å². The van der Waals surface area contributed by atoms with Crippen molar-refractivity contribution in [3.63, 3.8) is 0 Å². The van der Waals surface area contributed by atoms with Crippen LogP contribution in [0.1, 0.15) is 12.0 Å². The highest BCUT2D eigenvalue weighted by Crippen LogP contribution is 2.27. The third kappa shape index (κ3) is 5.44. The maximum Gasteiger partial charge on any atom is 0.233 e. The van der Waals surface area contributed by atoms with Crippen LogP contribution in [0.25, 0.3) is 0 Å². The van der Waals surface area contributed by atoms with Crippen molar-refractivity contribution in [3.8, 4) is 5.75 Å². The van der Waals surface area contributed by atoms with Crippen molar-refractivity contribution >= 4 is 40.7 Å². The molecule has 0 spiro atoms. The van der Waals surface area contributed by atoms with E-state index in [-0.39, 0.29) is 12.3 Å². The maximum absolute atomic E-state index is 12.0. The summed E-state index contributed by atoms with van der Waals surface area (Å²) in [5.74, 6) is -0.373. The van der Waals surface area contributed by atoms with Gasteiger partial charge in [-0.3, -0.25) is 9.59 Å². The fourth-order valence-corrected chi connectivity index (χ4v) is 2.28. The van der Waals surface area contributed by atoms with E-state index < -0.39 is 5.91 Å². The van der Waals surface area contributed by atoms with E-state index in [1.54, 1.807) is 42.5 Å². The molecule has 0 bridgehead atoms. The highest BCUT2D eigenvalue weighted by Gasteiger charge is 2.12. The van der Waals surface area contributed by atoms with Crippen LogP contribution in [-0.2, 0) is 16.1 Å². The molecular weight excluding hydrogens is 351 g/mol. The first kappa shape index (κ1) is 18.1. The quantitative estimate of drug-likeness (QED) is 0.766. The second kappa shape index (κ2) is 8.57. The second-order valence-electron chi connectivity index (χ2n) is 4.97. The number of ether oxygens (including phenoxy) is 1. The summed E-state index contributed by atoms with van der Waals surface area (Å²) in [5.41, 5.74) is 1.31. The molecule has 2 aromatic rings. The molecule has 0 aliphatic carbocycles. The monoisotopic (exact) mass is 366 g/mol. The number of anilines is 1. The zero-order valence-electron chi connectivity index (χ0n) is 12.9. The van der Waals surface area contributed by atoms with Gasteiger partial charge < -0.3 is 15.4 Å². The lowest BCUT2D eigenvalue weighted by molar-refractivity contribution is -0.126. The van der Waals surface area contributed by atoms with Crippen LogP contribution < -0.4 is 15.4 Å². The molecule has 0 saturated heterocycles. The van der Waals surface area contributed by atoms with Gasteiger partial charge in [0.25, 0.3) is 0 Å². The van der Waals surface area contributed by atoms with Gasteiger partial charge in [-0.25, -0.2) is 0 Å². The van der Waals surface area contributed by atoms with Crippen LogP contribution in [0.15, 0.2) is 42.5 Å². The fourth-order valence-electron chi connectivity index (χ4n) is 1.98. The first-order chi connectivity index (χ1) is 11.5. The molecule has 0 saturated carbocycles. The molecular formula is C17H16Cl2N2O3. The van der Waals surface area contributed by atoms with E-state index in [0.29, 0.717) is 28.0 Å². The topological polar surface area (TPSA) is 67.4 Å². The standard InChI is InChI=1S/C17H16Cl2N2O3/c1-24-15-7-6-13(19)8-14(15)21-17(23)9-16(22)20-10-11-2-4-12(18)5-3-11/h2-8H,9-10H2,1H3,(H,20,22)(H,21,23). The number of halogens is 2. The average molecular weight is 367 g/mol. The lowest BCUT2D eigenvalue weighted by Gasteiger charge is -2.10. The van der Waals surface area contributed by atoms with Gasteiger partial charge in [-0.1, -0.05) is 35.3 Å². The number of carbonyl (C=O) groups excluding carboxylic acids is 2. The predicted molar refractivity (Wildman–Crippen MR) is 94.5 cm³/mol. The number of carbonyl (C=O) groups is 2. The summed E-state index contributed by atoms with van der Waals surface area (Å²) >= 11 is 11.7. The highest BCUT2D eigenvalue weighted by atomic mass is 35.5. The van der Waals surface area contributed by atoms with E-state index in [0.717, 1.165) is 5.56 Å². The van der Waals surface area contributed by atoms with Gasteiger partial charge in [0, 0.05) is 16.6 Å². The molecule has 2 aromatic carbocycles. The molecule has 5 nitrogen and oxygen atoms in total. The molecule has 126 valence electrons. The van der Waals surface area contributed by atoms with Crippen molar-refractivity contribution in [1.29, 1.82) is 0 Å². The molecule has 0 heterocycles. The van der Waals surface area contributed by atoms with Gasteiger partial charge >= 0.3 is 0 Å². The summed E-state index contributed by atoms with van der Waals surface area (Å²) in [4.78, 5) is 23.8. The van der Waals surface area contributed by atoms with E-state index in [1.165, 1.54) is 7.11 Å². The van der Waals surface area contributed by atoms with Gasteiger partial charge in [0.05, 0.1) is 12.8 Å². The van der Waals surface area contributed by atoms with Gasteiger partial charge in [0.15, 0.2) is 0 Å². The molecule has 7 heteroatoms. The number of benzene rings is 2. The molecule has 0 unspecified atom stereocenters. The Hall–Kier alpha value is -2.24. The van der Waals surface area contributed by atoms with Crippen molar-refractivity contribution in [3.05, 3.63) is 58.1 Å². The zero-order chi connectivity index (χ0) is 17.5. The Bertz CT molecular complexity index is 733. The van der Waals surface area contributed by atoms with Crippen molar-refractivity contribution < 1.29 is 14.3 Å². The molecule has 0 atom stereocenters. The van der Waals surface area contributed by atoms with Gasteiger partial charge in [-0.2, -0.15) is 0 Å². The van der Waals surface area contributed by atoms with Gasteiger partial charge in [-0.05, 0) is 35.9 Å². The largest absolute Gasteiger partial charge is 0.495 e. The van der Waals surface area contributed by atoms with E-state index >= 15 is 0 Å². The predicted octanol–water partition coefficient (Wildman–Crippen LogP) is 3.65. The van der Waals surface area contributed by atoms with Crippen LogP contribution in [0.2, 0.25) is 10.0 Å². The summed E-state index contributed by atoms with van der Waals surface area (Å²) in [6, 6.07) is 11.9.